The molecule has 33 heavy (non-hydrogen) atoms. The summed E-state index contributed by atoms with van der Waals surface area (Å²) in [6.07, 6.45) is 0.652. The van der Waals surface area contributed by atoms with Crippen molar-refractivity contribution in [2.45, 2.75) is 45.7 Å². The summed E-state index contributed by atoms with van der Waals surface area (Å²) in [5, 5.41) is 5.07. The summed E-state index contributed by atoms with van der Waals surface area (Å²) in [7, 11) is 0. The smallest absolute Gasteiger partial charge is 0.261 e. The zero-order valence-electron chi connectivity index (χ0n) is 19.6. The molecular formula is C27H31BrN2O3. The van der Waals surface area contributed by atoms with Crippen LogP contribution in [0.15, 0.2) is 71.2 Å². The third kappa shape index (κ3) is 6.81. The average Bonchev–Trinajstić information content (AvgIpc) is 2.78. The molecule has 0 radical (unpaired) electrons. The highest BCUT2D eigenvalue weighted by Crippen LogP contribution is 2.33. The van der Waals surface area contributed by atoms with Crippen LogP contribution in [0.5, 0.6) is 5.75 Å². The molecule has 3 rings (SSSR count). The standard InChI is InChI=1S/C27H31BrN2O3/c1-19(26(32)29-27(2,3)4)30(17-16-20-10-6-5-7-11-20)24(31)18-33-23-15-14-21-12-8-9-13-22(21)25(23)28/h5-15,19H,16-18H2,1-4H3,(H,29,32)/t19-/m0/s1. The van der Waals surface area contributed by atoms with Crippen LogP contribution >= 0.6 is 15.9 Å². The fourth-order valence-corrected chi connectivity index (χ4v) is 4.20. The van der Waals surface area contributed by atoms with Crippen LogP contribution in [-0.2, 0) is 16.0 Å². The number of benzene rings is 3. The first-order chi connectivity index (χ1) is 15.7. The molecule has 0 aliphatic rings. The monoisotopic (exact) mass is 510 g/mol. The zero-order valence-corrected chi connectivity index (χ0v) is 21.2. The fourth-order valence-electron chi connectivity index (χ4n) is 3.59. The summed E-state index contributed by atoms with van der Waals surface area (Å²) in [6.45, 7) is 7.80. The highest BCUT2D eigenvalue weighted by atomic mass is 79.9. The van der Waals surface area contributed by atoms with E-state index < -0.39 is 6.04 Å². The molecule has 0 unspecified atom stereocenters. The minimum atomic E-state index is -0.621. The van der Waals surface area contributed by atoms with Gasteiger partial charge in [0, 0.05) is 12.1 Å². The fraction of sp³-hybridized carbons (Fsp3) is 0.333. The lowest BCUT2D eigenvalue weighted by Gasteiger charge is -2.31. The lowest BCUT2D eigenvalue weighted by atomic mass is 10.1. The second-order valence-electron chi connectivity index (χ2n) is 9.13. The van der Waals surface area contributed by atoms with Crippen molar-refractivity contribution in [2.24, 2.45) is 0 Å². The number of carbonyl (C=O) groups excluding carboxylic acids is 2. The normalized spacial score (nSPS) is 12.3. The number of nitrogens with zero attached hydrogens (tertiary/aromatic N) is 1. The molecule has 0 saturated heterocycles. The first-order valence-corrected chi connectivity index (χ1v) is 11.9. The lowest BCUT2D eigenvalue weighted by molar-refractivity contribution is -0.142. The van der Waals surface area contributed by atoms with E-state index in [4.69, 9.17) is 4.74 Å². The number of halogens is 1. The van der Waals surface area contributed by atoms with Gasteiger partial charge in [0.2, 0.25) is 5.91 Å². The van der Waals surface area contributed by atoms with Gasteiger partial charge in [-0.1, -0.05) is 60.7 Å². The second kappa shape index (κ2) is 10.8. The van der Waals surface area contributed by atoms with Crippen molar-refractivity contribution in [1.29, 1.82) is 0 Å². The van der Waals surface area contributed by atoms with E-state index in [9.17, 15) is 9.59 Å². The Morgan fingerprint density at radius 2 is 1.67 bits per heavy atom. The predicted molar refractivity (Wildman–Crippen MR) is 136 cm³/mol. The number of carbonyl (C=O) groups is 2. The van der Waals surface area contributed by atoms with Crippen LogP contribution in [0.3, 0.4) is 0 Å². The first kappa shape index (κ1) is 24.8. The minimum Gasteiger partial charge on any atom is -0.483 e. The maximum Gasteiger partial charge on any atom is 0.261 e. The van der Waals surface area contributed by atoms with E-state index in [0.29, 0.717) is 18.7 Å². The molecule has 5 nitrogen and oxygen atoms in total. The van der Waals surface area contributed by atoms with Gasteiger partial charge < -0.3 is 15.0 Å². The third-order valence-electron chi connectivity index (χ3n) is 5.33. The Morgan fingerprint density at radius 1 is 1.00 bits per heavy atom. The number of rotatable bonds is 8. The molecule has 6 heteroatoms. The summed E-state index contributed by atoms with van der Waals surface area (Å²) in [4.78, 5) is 27.7. The molecule has 0 aliphatic carbocycles. The molecule has 0 aromatic heterocycles. The van der Waals surface area contributed by atoms with Crippen molar-refractivity contribution in [3.63, 3.8) is 0 Å². The Kier molecular flexibility index (Phi) is 8.14. The highest BCUT2D eigenvalue weighted by molar-refractivity contribution is 9.10. The van der Waals surface area contributed by atoms with Crippen LogP contribution in [-0.4, -0.2) is 41.4 Å². The number of nitrogens with one attached hydrogen (secondary N) is 1. The number of hydrogen-bond donors (Lipinski definition) is 1. The second-order valence-corrected chi connectivity index (χ2v) is 9.92. The van der Waals surface area contributed by atoms with Gasteiger partial charge in [-0.25, -0.2) is 0 Å². The molecule has 0 aliphatic heterocycles. The van der Waals surface area contributed by atoms with Gasteiger partial charge in [-0.05, 0) is 72.4 Å². The van der Waals surface area contributed by atoms with Crippen molar-refractivity contribution in [3.8, 4) is 5.75 Å². The third-order valence-corrected chi connectivity index (χ3v) is 6.15. The molecule has 3 aromatic carbocycles. The maximum atomic E-state index is 13.2. The van der Waals surface area contributed by atoms with E-state index in [1.807, 2.05) is 87.5 Å². The quantitative estimate of drug-likeness (QED) is 0.443. The number of ether oxygens (including phenoxy) is 1. The average molecular weight is 511 g/mol. The van der Waals surface area contributed by atoms with Crippen LogP contribution in [0.2, 0.25) is 0 Å². The van der Waals surface area contributed by atoms with Crippen LogP contribution < -0.4 is 10.1 Å². The van der Waals surface area contributed by atoms with Gasteiger partial charge in [-0.15, -0.1) is 0 Å². The van der Waals surface area contributed by atoms with E-state index >= 15 is 0 Å². The van der Waals surface area contributed by atoms with Gasteiger partial charge in [0.25, 0.3) is 5.91 Å². The molecule has 0 saturated carbocycles. The van der Waals surface area contributed by atoms with Gasteiger partial charge >= 0.3 is 0 Å². The number of amides is 2. The van der Waals surface area contributed by atoms with Gasteiger partial charge in [-0.3, -0.25) is 9.59 Å². The van der Waals surface area contributed by atoms with E-state index in [-0.39, 0.29) is 24.0 Å². The Hall–Kier alpha value is -2.86. The summed E-state index contributed by atoms with van der Waals surface area (Å²) in [6, 6.07) is 21.1. The Morgan fingerprint density at radius 3 is 2.36 bits per heavy atom. The van der Waals surface area contributed by atoms with Crippen molar-refractivity contribution >= 4 is 38.5 Å². The van der Waals surface area contributed by atoms with Crippen molar-refractivity contribution in [3.05, 3.63) is 76.8 Å². The molecular weight excluding hydrogens is 480 g/mol. The van der Waals surface area contributed by atoms with E-state index in [0.717, 1.165) is 20.8 Å². The summed E-state index contributed by atoms with van der Waals surface area (Å²) in [5.41, 5.74) is 0.725. The number of fused-ring (bicyclic) bond motifs is 1. The van der Waals surface area contributed by atoms with Crippen molar-refractivity contribution in [2.75, 3.05) is 13.2 Å². The molecule has 0 bridgehead atoms. The molecule has 0 heterocycles. The summed E-state index contributed by atoms with van der Waals surface area (Å²) >= 11 is 3.60. The van der Waals surface area contributed by atoms with Gasteiger partial charge in [-0.2, -0.15) is 0 Å². The van der Waals surface area contributed by atoms with Crippen LogP contribution in [0.25, 0.3) is 10.8 Å². The number of hydrogen-bond acceptors (Lipinski definition) is 3. The van der Waals surface area contributed by atoms with Gasteiger partial charge in [0.15, 0.2) is 6.61 Å². The van der Waals surface area contributed by atoms with Crippen molar-refractivity contribution in [1.82, 2.24) is 10.2 Å². The molecule has 0 fully saturated rings. The van der Waals surface area contributed by atoms with E-state index in [1.54, 1.807) is 11.8 Å². The molecule has 1 atom stereocenters. The van der Waals surface area contributed by atoms with Crippen LogP contribution in [0, 0.1) is 0 Å². The molecule has 174 valence electrons. The minimum absolute atomic E-state index is 0.154. The first-order valence-electron chi connectivity index (χ1n) is 11.1. The topological polar surface area (TPSA) is 58.6 Å². The van der Waals surface area contributed by atoms with E-state index in [1.165, 1.54) is 0 Å². The lowest BCUT2D eigenvalue weighted by Crippen LogP contribution is -2.53. The SMILES string of the molecule is C[C@@H](C(=O)NC(C)(C)C)N(CCc1ccccc1)C(=O)COc1ccc2ccccc2c1Br. The Labute approximate surface area is 204 Å². The Balaban J connectivity index is 1.75. The van der Waals surface area contributed by atoms with Crippen LogP contribution in [0.1, 0.15) is 33.3 Å². The maximum absolute atomic E-state index is 13.2. The van der Waals surface area contributed by atoms with Crippen molar-refractivity contribution < 1.29 is 14.3 Å². The molecule has 0 spiro atoms. The highest BCUT2D eigenvalue weighted by Gasteiger charge is 2.28. The summed E-state index contributed by atoms with van der Waals surface area (Å²) < 4.78 is 6.71. The largest absolute Gasteiger partial charge is 0.483 e. The van der Waals surface area contributed by atoms with Gasteiger partial charge in [0.1, 0.15) is 11.8 Å². The molecule has 3 aromatic rings. The summed E-state index contributed by atoms with van der Waals surface area (Å²) in [5.74, 6) is 0.176. The Bertz CT molecular complexity index is 1110. The molecule has 2 amide bonds. The molecule has 1 N–H and O–H groups in total. The van der Waals surface area contributed by atoms with Crippen LogP contribution in [0.4, 0.5) is 0 Å². The predicted octanol–water partition coefficient (Wildman–Crippen LogP) is 5.36. The zero-order chi connectivity index (χ0) is 24.0. The van der Waals surface area contributed by atoms with Gasteiger partial charge in [0.05, 0.1) is 4.47 Å². The van der Waals surface area contributed by atoms with E-state index in [2.05, 4.69) is 21.2 Å².